The molecule has 21 heavy (non-hydrogen) atoms. The van der Waals surface area contributed by atoms with Crippen molar-refractivity contribution >= 4 is 22.2 Å². The number of nitrogens with two attached hydrogens (primary N) is 1. The second kappa shape index (κ2) is 5.99. The summed E-state index contributed by atoms with van der Waals surface area (Å²) >= 11 is 1.66. The smallest absolute Gasteiger partial charge is 0.185 e. The van der Waals surface area contributed by atoms with Crippen molar-refractivity contribution in [2.45, 2.75) is 13.0 Å². The highest BCUT2D eigenvalue weighted by Crippen LogP contribution is 2.28. The zero-order valence-corrected chi connectivity index (χ0v) is 12.8. The van der Waals surface area contributed by atoms with Crippen LogP contribution in [0, 0.1) is 5.82 Å². The molecular weight excluding hydrogens is 287 g/mol. The van der Waals surface area contributed by atoms with Crippen LogP contribution in [-0.2, 0) is 0 Å². The van der Waals surface area contributed by atoms with Gasteiger partial charge in [0.2, 0.25) is 0 Å². The molecule has 6 heteroatoms. The number of aromatic nitrogens is 1. The highest BCUT2D eigenvalue weighted by Gasteiger charge is 2.21. The van der Waals surface area contributed by atoms with Gasteiger partial charge >= 0.3 is 0 Å². The van der Waals surface area contributed by atoms with Crippen molar-refractivity contribution in [1.29, 1.82) is 0 Å². The number of hydrogen-bond donors (Lipinski definition) is 1. The van der Waals surface area contributed by atoms with E-state index in [-0.39, 0.29) is 11.9 Å². The fourth-order valence-electron chi connectivity index (χ4n) is 2.69. The second-order valence-electron chi connectivity index (χ2n) is 5.28. The van der Waals surface area contributed by atoms with Crippen LogP contribution in [0.5, 0.6) is 0 Å². The second-order valence-corrected chi connectivity index (χ2v) is 6.15. The maximum absolute atomic E-state index is 13.4. The molecule has 1 atom stereocenters. The van der Waals surface area contributed by atoms with Crippen molar-refractivity contribution in [3.8, 4) is 0 Å². The number of halogens is 1. The van der Waals surface area contributed by atoms with E-state index in [9.17, 15) is 4.39 Å². The molecule has 1 aliphatic heterocycles. The largest absolute Gasteiger partial charge is 0.368 e. The maximum atomic E-state index is 13.4. The fourth-order valence-corrected chi connectivity index (χ4v) is 3.39. The molecule has 112 valence electrons. The molecule has 1 saturated heterocycles. The predicted octanol–water partition coefficient (Wildman–Crippen LogP) is 2.63. The molecule has 0 bridgehead atoms. The van der Waals surface area contributed by atoms with E-state index in [1.165, 1.54) is 6.07 Å². The predicted molar refractivity (Wildman–Crippen MR) is 85.5 cm³/mol. The van der Waals surface area contributed by atoms with Gasteiger partial charge in [-0.25, -0.2) is 9.37 Å². The van der Waals surface area contributed by atoms with Crippen LogP contribution in [-0.4, -0.2) is 31.2 Å². The minimum Gasteiger partial charge on any atom is -0.368 e. The van der Waals surface area contributed by atoms with E-state index in [0.29, 0.717) is 0 Å². The van der Waals surface area contributed by atoms with Gasteiger partial charge in [0.05, 0.1) is 0 Å². The van der Waals surface area contributed by atoms with Crippen molar-refractivity contribution in [3.63, 3.8) is 0 Å². The van der Waals surface area contributed by atoms with Gasteiger partial charge in [-0.3, -0.25) is 0 Å². The van der Waals surface area contributed by atoms with E-state index < -0.39 is 0 Å². The third-order valence-electron chi connectivity index (χ3n) is 3.79. The SMILES string of the molecule is C[C@@H](N)c1cc(F)ccc1N1CCN(c2nccs2)CC1. The summed E-state index contributed by atoms with van der Waals surface area (Å²) in [5, 5.41) is 3.07. The van der Waals surface area contributed by atoms with Gasteiger partial charge in [-0.2, -0.15) is 0 Å². The maximum Gasteiger partial charge on any atom is 0.185 e. The lowest BCUT2D eigenvalue weighted by Gasteiger charge is -2.37. The molecule has 2 aromatic rings. The zero-order chi connectivity index (χ0) is 14.8. The topological polar surface area (TPSA) is 45.4 Å². The van der Waals surface area contributed by atoms with Crippen LogP contribution in [0.4, 0.5) is 15.2 Å². The van der Waals surface area contributed by atoms with E-state index in [1.807, 2.05) is 24.6 Å². The van der Waals surface area contributed by atoms with E-state index >= 15 is 0 Å². The summed E-state index contributed by atoms with van der Waals surface area (Å²) < 4.78 is 13.4. The number of rotatable bonds is 3. The first-order valence-corrected chi connectivity index (χ1v) is 7.97. The molecule has 1 fully saturated rings. The molecule has 1 aromatic carbocycles. The highest BCUT2D eigenvalue weighted by molar-refractivity contribution is 7.13. The molecule has 0 aliphatic carbocycles. The Morgan fingerprint density at radius 2 is 1.95 bits per heavy atom. The minimum atomic E-state index is -0.229. The molecule has 1 aromatic heterocycles. The van der Waals surface area contributed by atoms with Crippen LogP contribution < -0.4 is 15.5 Å². The Morgan fingerprint density at radius 1 is 1.24 bits per heavy atom. The molecular formula is C15H19FN4S. The van der Waals surface area contributed by atoms with Crippen molar-refractivity contribution in [2.24, 2.45) is 5.73 Å². The van der Waals surface area contributed by atoms with Gasteiger partial charge in [0.1, 0.15) is 5.82 Å². The molecule has 4 nitrogen and oxygen atoms in total. The normalized spacial score (nSPS) is 17.1. The Bertz CT molecular complexity index is 592. The van der Waals surface area contributed by atoms with Gasteiger partial charge in [-0.05, 0) is 30.7 Å². The summed E-state index contributed by atoms with van der Waals surface area (Å²) in [6, 6.07) is 4.72. The standard InChI is InChI=1S/C15H19FN4S/c1-11(17)13-10-12(16)2-3-14(13)19-5-7-20(8-6-19)15-18-4-9-21-15/h2-4,9-11H,5-8,17H2,1H3/t11-/m1/s1. The fraction of sp³-hybridized carbons (Fsp3) is 0.400. The van der Waals surface area contributed by atoms with Crippen LogP contribution in [0.3, 0.4) is 0 Å². The molecule has 2 N–H and O–H groups in total. The van der Waals surface area contributed by atoms with Crippen molar-refractivity contribution in [1.82, 2.24) is 4.98 Å². The number of piperazine rings is 1. The first kappa shape index (κ1) is 14.3. The average Bonchev–Trinajstić information content (AvgIpc) is 3.01. The third kappa shape index (κ3) is 3.01. The Labute approximate surface area is 128 Å². The zero-order valence-electron chi connectivity index (χ0n) is 12.0. The van der Waals surface area contributed by atoms with E-state index in [2.05, 4.69) is 14.8 Å². The lowest BCUT2D eigenvalue weighted by molar-refractivity contribution is 0.616. The molecule has 0 spiro atoms. The Balaban J connectivity index is 1.75. The van der Waals surface area contributed by atoms with Crippen molar-refractivity contribution < 1.29 is 4.39 Å². The van der Waals surface area contributed by atoms with Gasteiger partial charge in [-0.15, -0.1) is 11.3 Å². The summed E-state index contributed by atoms with van der Waals surface area (Å²) in [5.74, 6) is -0.229. The first-order valence-electron chi connectivity index (χ1n) is 7.09. The minimum absolute atomic E-state index is 0.173. The molecule has 0 saturated carbocycles. The molecule has 0 radical (unpaired) electrons. The Kier molecular flexibility index (Phi) is 4.07. The molecule has 3 rings (SSSR count). The van der Waals surface area contributed by atoms with Crippen molar-refractivity contribution in [2.75, 3.05) is 36.0 Å². The number of thiazole rings is 1. The number of nitrogens with zero attached hydrogens (tertiary/aromatic N) is 3. The summed E-state index contributed by atoms with van der Waals surface area (Å²) in [5.41, 5.74) is 7.90. The van der Waals surface area contributed by atoms with Gasteiger partial charge in [-0.1, -0.05) is 0 Å². The lowest BCUT2D eigenvalue weighted by atomic mass is 10.0. The van der Waals surface area contributed by atoms with E-state index in [4.69, 9.17) is 5.73 Å². The van der Waals surface area contributed by atoms with Gasteiger partial charge in [0.25, 0.3) is 0 Å². The van der Waals surface area contributed by atoms with Gasteiger partial charge < -0.3 is 15.5 Å². The van der Waals surface area contributed by atoms with Gasteiger partial charge in [0, 0.05) is 49.5 Å². The van der Waals surface area contributed by atoms with Gasteiger partial charge in [0.15, 0.2) is 5.13 Å². The summed E-state index contributed by atoms with van der Waals surface area (Å²) in [6.45, 7) is 5.52. The first-order chi connectivity index (χ1) is 10.1. The Morgan fingerprint density at radius 3 is 2.57 bits per heavy atom. The van der Waals surface area contributed by atoms with Crippen molar-refractivity contribution in [3.05, 3.63) is 41.2 Å². The van der Waals surface area contributed by atoms with Crippen LogP contribution in [0.1, 0.15) is 18.5 Å². The number of benzene rings is 1. The van der Waals surface area contributed by atoms with Crippen LogP contribution in [0.15, 0.2) is 29.8 Å². The summed E-state index contributed by atoms with van der Waals surface area (Å²) in [7, 11) is 0. The molecule has 0 unspecified atom stereocenters. The lowest BCUT2D eigenvalue weighted by Crippen LogP contribution is -2.47. The van der Waals surface area contributed by atoms with E-state index in [1.54, 1.807) is 17.4 Å². The quantitative estimate of drug-likeness (QED) is 0.947. The van der Waals surface area contributed by atoms with E-state index in [0.717, 1.165) is 42.6 Å². The average molecular weight is 306 g/mol. The number of hydrogen-bond acceptors (Lipinski definition) is 5. The number of anilines is 2. The Hall–Kier alpha value is -1.66. The monoisotopic (exact) mass is 306 g/mol. The third-order valence-corrected chi connectivity index (χ3v) is 4.62. The van der Waals surface area contributed by atoms with Crippen LogP contribution >= 0.6 is 11.3 Å². The molecule has 0 amide bonds. The highest BCUT2D eigenvalue weighted by atomic mass is 32.1. The summed E-state index contributed by atoms with van der Waals surface area (Å²) in [4.78, 5) is 8.92. The van der Waals surface area contributed by atoms with Crippen LogP contribution in [0.2, 0.25) is 0 Å². The van der Waals surface area contributed by atoms with Crippen LogP contribution in [0.25, 0.3) is 0 Å². The summed E-state index contributed by atoms with van der Waals surface area (Å²) in [6.07, 6.45) is 1.83. The molecule has 1 aliphatic rings. The molecule has 2 heterocycles.